The van der Waals surface area contributed by atoms with Gasteiger partial charge in [0.15, 0.2) is 0 Å². The molecule has 0 aromatic heterocycles. The zero-order chi connectivity index (χ0) is 15.4. The van der Waals surface area contributed by atoms with Gasteiger partial charge in [-0.25, -0.2) is 13.1 Å². The highest BCUT2D eigenvalue weighted by Gasteiger charge is 2.44. The molecule has 118 valence electrons. The van der Waals surface area contributed by atoms with E-state index >= 15 is 0 Å². The largest absolute Gasteiger partial charge is 0.469 e. The predicted molar refractivity (Wildman–Crippen MR) is 75.6 cm³/mol. The summed E-state index contributed by atoms with van der Waals surface area (Å²) in [7, 11) is -2.40. The minimum absolute atomic E-state index is 0.255. The van der Waals surface area contributed by atoms with Gasteiger partial charge in [-0.2, -0.15) is 0 Å². The van der Waals surface area contributed by atoms with Crippen molar-refractivity contribution in [3.05, 3.63) is 0 Å². The molecule has 0 bridgehead atoms. The smallest absolute Gasteiger partial charge is 0.310 e. The number of carbonyl (C=O) groups is 1. The van der Waals surface area contributed by atoms with Crippen molar-refractivity contribution >= 4 is 16.0 Å². The van der Waals surface area contributed by atoms with E-state index in [-0.39, 0.29) is 6.61 Å². The third kappa shape index (κ3) is 3.51. The SMILES string of the molecule is CCC(CC)(CO)NS(=O)(=O)C1CCCC1C(=O)OC. The summed E-state index contributed by atoms with van der Waals surface area (Å²) in [5.74, 6) is -1.08. The Labute approximate surface area is 120 Å². The molecule has 0 heterocycles. The molecular weight excluding hydrogens is 282 g/mol. The Kier molecular flexibility index (Phi) is 5.97. The molecule has 0 spiro atoms. The zero-order valence-corrected chi connectivity index (χ0v) is 13.2. The van der Waals surface area contributed by atoms with E-state index in [1.54, 1.807) is 0 Å². The third-order valence-corrected chi connectivity index (χ3v) is 6.45. The van der Waals surface area contributed by atoms with Gasteiger partial charge in [-0.1, -0.05) is 20.3 Å². The summed E-state index contributed by atoms with van der Waals surface area (Å²) in [6.07, 6.45) is 2.66. The van der Waals surface area contributed by atoms with Crippen molar-refractivity contribution in [1.29, 1.82) is 0 Å². The van der Waals surface area contributed by atoms with Crippen molar-refractivity contribution in [3.8, 4) is 0 Å². The molecule has 2 atom stereocenters. The third-order valence-electron chi connectivity index (χ3n) is 4.37. The highest BCUT2D eigenvalue weighted by atomic mass is 32.2. The molecule has 0 radical (unpaired) electrons. The first-order valence-corrected chi connectivity index (χ1v) is 8.62. The number of rotatable bonds is 7. The lowest BCUT2D eigenvalue weighted by atomic mass is 9.96. The minimum atomic E-state index is -3.67. The summed E-state index contributed by atoms with van der Waals surface area (Å²) < 4.78 is 32.4. The van der Waals surface area contributed by atoms with E-state index in [2.05, 4.69) is 9.46 Å². The molecule has 1 aliphatic carbocycles. The number of hydrogen-bond acceptors (Lipinski definition) is 5. The van der Waals surface area contributed by atoms with Crippen LogP contribution in [0.1, 0.15) is 46.0 Å². The van der Waals surface area contributed by atoms with E-state index in [0.29, 0.717) is 32.1 Å². The average molecular weight is 307 g/mol. The molecule has 1 fully saturated rings. The van der Waals surface area contributed by atoms with Crippen LogP contribution in [0.25, 0.3) is 0 Å². The Morgan fingerprint density at radius 2 is 1.95 bits per heavy atom. The summed E-state index contributed by atoms with van der Waals surface area (Å²) in [5.41, 5.74) is -0.845. The molecule has 0 aliphatic heterocycles. The van der Waals surface area contributed by atoms with Gasteiger partial charge >= 0.3 is 5.97 Å². The first-order chi connectivity index (χ1) is 9.35. The molecule has 2 N–H and O–H groups in total. The lowest BCUT2D eigenvalue weighted by molar-refractivity contribution is -0.145. The first-order valence-electron chi connectivity index (χ1n) is 7.07. The number of aliphatic hydroxyl groups excluding tert-OH is 1. The lowest BCUT2D eigenvalue weighted by Crippen LogP contribution is -2.54. The molecule has 1 saturated carbocycles. The molecule has 0 aromatic carbocycles. The minimum Gasteiger partial charge on any atom is -0.469 e. The van der Waals surface area contributed by atoms with Crippen LogP contribution >= 0.6 is 0 Å². The Hall–Kier alpha value is -0.660. The quantitative estimate of drug-likeness (QED) is 0.679. The number of sulfonamides is 1. The van der Waals surface area contributed by atoms with E-state index in [1.165, 1.54) is 7.11 Å². The fourth-order valence-corrected chi connectivity index (χ4v) is 5.01. The highest BCUT2D eigenvalue weighted by molar-refractivity contribution is 7.90. The Balaban J connectivity index is 2.95. The number of carbonyl (C=O) groups excluding carboxylic acids is 1. The second-order valence-corrected chi connectivity index (χ2v) is 7.29. The van der Waals surface area contributed by atoms with E-state index in [4.69, 9.17) is 0 Å². The molecule has 6 nitrogen and oxygen atoms in total. The highest BCUT2D eigenvalue weighted by Crippen LogP contribution is 2.33. The van der Waals surface area contributed by atoms with Crippen LogP contribution in [-0.2, 0) is 19.6 Å². The standard InChI is InChI=1S/C13H25NO5S/c1-4-13(5-2,9-15)14-20(17,18)11-8-6-7-10(11)12(16)19-3/h10-11,14-15H,4-9H2,1-3H3. The van der Waals surface area contributed by atoms with Gasteiger partial charge in [0.05, 0.1) is 30.4 Å². The summed E-state index contributed by atoms with van der Waals surface area (Å²) in [4.78, 5) is 11.7. The molecule has 0 amide bonds. The fourth-order valence-electron chi connectivity index (χ4n) is 2.75. The first kappa shape index (κ1) is 17.4. The second kappa shape index (κ2) is 6.87. The van der Waals surface area contributed by atoms with Gasteiger partial charge in [-0.3, -0.25) is 4.79 Å². The molecule has 20 heavy (non-hydrogen) atoms. The maximum atomic E-state index is 12.5. The maximum Gasteiger partial charge on any atom is 0.310 e. The molecule has 2 unspecified atom stereocenters. The van der Waals surface area contributed by atoms with Crippen molar-refractivity contribution in [2.45, 2.75) is 56.7 Å². The van der Waals surface area contributed by atoms with Crippen LogP contribution in [0, 0.1) is 5.92 Å². The number of ether oxygens (including phenoxy) is 1. The number of nitrogens with one attached hydrogen (secondary N) is 1. The van der Waals surface area contributed by atoms with Crippen molar-refractivity contribution in [1.82, 2.24) is 4.72 Å². The maximum absolute atomic E-state index is 12.5. The molecule has 1 aliphatic rings. The molecule has 1 rings (SSSR count). The number of methoxy groups -OCH3 is 1. The molecular formula is C13H25NO5S. The summed E-state index contributed by atoms with van der Waals surface area (Å²) in [5, 5.41) is 8.72. The van der Waals surface area contributed by atoms with Crippen LogP contribution < -0.4 is 4.72 Å². The Morgan fingerprint density at radius 1 is 1.35 bits per heavy atom. The van der Waals surface area contributed by atoms with E-state index in [0.717, 1.165) is 0 Å². The van der Waals surface area contributed by atoms with E-state index in [9.17, 15) is 18.3 Å². The van der Waals surface area contributed by atoms with Gasteiger partial charge in [-0.15, -0.1) is 0 Å². The van der Waals surface area contributed by atoms with Crippen LogP contribution in [0.15, 0.2) is 0 Å². The van der Waals surface area contributed by atoms with E-state index in [1.807, 2.05) is 13.8 Å². The average Bonchev–Trinajstić information content (AvgIpc) is 2.94. The Morgan fingerprint density at radius 3 is 2.40 bits per heavy atom. The fraction of sp³-hybridized carbons (Fsp3) is 0.923. The number of esters is 1. The van der Waals surface area contributed by atoms with Gasteiger partial charge in [0.1, 0.15) is 0 Å². The normalized spacial score (nSPS) is 23.8. The Bertz CT molecular complexity index is 422. The van der Waals surface area contributed by atoms with Crippen LogP contribution in [-0.4, -0.2) is 44.0 Å². The van der Waals surface area contributed by atoms with Gasteiger partial charge in [-0.05, 0) is 25.7 Å². The van der Waals surface area contributed by atoms with Crippen LogP contribution in [0.3, 0.4) is 0 Å². The van der Waals surface area contributed by atoms with Crippen LogP contribution in [0.2, 0.25) is 0 Å². The lowest BCUT2D eigenvalue weighted by Gasteiger charge is -2.32. The van der Waals surface area contributed by atoms with Crippen molar-refractivity contribution in [3.63, 3.8) is 0 Å². The van der Waals surface area contributed by atoms with Crippen LogP contribution in [0.4, 0.5) is 0 Å². The van der Waals surface area contributed by atoms with Gasteiger partial charge < -0.3 is 9.84 Å². The van der Waals surface area contributed by atoms with Crippen molar-refractivity contribution in [2.75, 3.05) is 13.7 Å². The van der Waals surface area contributed by atoms with Crippen molar-refractivity contribution < 1.29 is 23.1 Å². The summed E-state index contributed by atoms with van der Waals surface area (Å²) in [6.45, 7) is 3.40. The van der Waals surface area contributed by atoms with Gasteiger partial charge in [0.25, 0.3) is 0 Å². The topological polar surface area (TPSA) is 92.7 Å². The molecule has 0 saturated heterocycles. The predicted octanol–water partition coefficient (Wildman–Crippen LogP) is 0.799. The number of hydrogen-bond donors (Lipinski definition) is 2. The van der Waals surface area contributed by atoms with Gasteiger partial charge in [0, 0.05) is 0 Å². The monoisotopic (exact) mass is 307 g/mol. The van der Waals surface area contributed by atoms with Gasteiger partial charge in [0.2, 0.25) is 10.0 Å². The zero-order valence-electron chi connectivity index (χ0n) is 12.4. The second-order valence-electron chi connectivity index (χ2n) is 5.39. The van der Waals surface area contributed by atoms with E-state index < -0.39 is 32.7 Å². The molecule has 7 heteroatoms. The van der Waals surface area contributed by atoms with Crippen LogP contribution in [0.5, 0.6) is 0 Å². The molecule has 0 aromatic rings. The number of aliphatic hydroxyl groups is 1. The summed E-state index contributed by atoms with van der Waals surface area (Å²) >= 11 is 0. The van der Waals surface area contributed by atoms with Crippen molar-refractivity contribution in [2.24, 2.45) is 5.92 Å². The summed E-state index contributed by atoms with van der Waals surface area (Å²) in [6, 6.07) is 0.